The second-order valence-corrected chi connectivity index (χ2v) is 5.87. The minimum atomic E-state index is -1.04. The molecular weight excluding hydrogens is 344 g/mol. The topological polar surface area (TPSA) is 88.4 Å². The van der Waals surface area contributed by atoms with Crippen LogP contribution in [0.25, 0.3) is 11.3 Å². The third kappa shape index (κ3) is 4.38. The predicted molar refractivity (Wildman–Crippen MR) is 102 cm³/mol. The molecule has 0 aliphatic carbocycles. The Morgan fingerprint density at radius 2 is 2.00 bits per heavy atom. The van der Waals surface area contributed by atoms with E-state index >= 15 is 0 Å². The van der Waals surface area contributed by atoms with Gasteiger partial charge in [0.15, 0.2) is 0 Å². The molecule has 0 radical (unpaired) electrons. The first-order valence-corrected chi connectivity index (χ1v) is 8.53. The number of anilines is 1. The summed E-state index contributed by atoms with van der Waals surface area (Å²) < 4.78 is 5.39. The summed E-state index contributed by atoms with van der Waals surface area (Å²) in [7, 11) is 1.88. The summed E-state index contributed by atoms with van der Waals surface area (Å²) in [5, 5.41) is 9.44. The fourth-order valence-electron chi connectivity index (χ4n) is 2.64. The highest BCUT2D eigenvalue weighted by Gasteiger charge is 2.14. The smallest absolute Gasteiger partial charge is 0.339 e. The van der Waals surface area contributed by atoms with Crippen LogP contribution in [-0.2, 0) is 6.54 Å². The van der Waals surface area contributed by atoms with Crippen LogP contribution in [0.4, 0.5) is 5.95 Å². The summed E-state index contributed by atoms with van der Waals surface area (Å²) in [6.07, 6.45) is 3.40. The number of carboxylic acid groups (broad SMARTS) is 1. The van der Waals surface area contributed by atoms with E-state index < -0.39 is 5.97 Å². The van der Waals surface area contributed by atoms with Crippen LogP contribution >= 0.6 is 0 Å². The molecule has 0 spiro atoms. The van der Waals surface area contributed by atoms with E-state index in [1.807, 2.05) is 37.1 Å². The van der Waals surface area contributed by atoms with E-state index in [0.717, 1.165) is 5.69 Å². The second-order valence-electron chi connectivity index (χ2n) is 5.87. The van der Waals surface area contributed by atoms with Crippen LogP contribution in [0.15, 0.2) is 54.9 Å². The van der Waals surface area contributed by atoms with Crippen molar-refractivity contribution in [3.8, 4) is 17.0 Å². The van der Waals surface area contributed by atoms with Crippen molar-refractivity contribution in [1.29, 1.82) is 0 Å². The van der Waals surface area contributed by atoms with Crippen LogP contribution in [0.3, 0.4) is 0 Å². The van der Waals surface area contributed by atoms with Crippen LogP contribution in [0.2, 0.25) is 0 Å². The first-order valence-electron chi connectivity index (χ1n) is 8.53. The summed E-state index contributed by atoms with van der Waals surface area (Å²) in [4.78, 5) is 26.6. The van der Waals surface area contributed by atoms with Gasteiger partial charge in [0, 0.05) is 25.0 Å². The lowest BCUT2D eigenvalue weighted by atomic mass is 10.1. The Kier molecular flexibility index (Phi) is 5.61. The highest BCUT2D eigenvalue weighted by Crippen LogP contribution is 2.26. The molecule has 0 unspecified atom stereocenters. The van der Waals surface area contributed by atoms with Gasteiger partial charge >= 0.3 is 5.97 Å². The van der Waals surface area contributed by atoms with Gasteiger partial charge in [0.1, 0.15) is 11.3 Å². The summed E-state index contributed by atoms with van der Waals surface area (Å²) in [6, 6.07) is 12.5. The number of rotatable bonds is 7. The lowest BCUT2D eigenvalue weighted by Gasteiger charge is -2.17. The van der Waals surface area contributed by atoms with Crippen LogP contribution in [0, 0.1) is 0 Å². The van der Waals surface area contributed by atoms with Gasteiger partial charge in [0.05, 0.1) is 24.5 Å². The number of hydrogen-bond donors (Lipinski definition) is 1. The number of carbonyl (C=O) groups is 1. The maximum Gasteiger partial charge on any atom is 0.339 e. The number of pyridine rings is 1. The molecule has 2 aromatic heterocycles. The molecule has 0 amide bonds. The molecule has 27 heavy (non-hydrogen) atoms. The molecule has 0 fully saturated rings. The van der Waals surface area contributed by atoms with Crippen LogP contribution in [0.1, 0.15) is 23.0 Å². The van der Waals surface area contributed by atoms with Gasteiger partial charge in [-0.15, -0.1) is 0 Å². The van der Waals surface area contributed by atoms with Crippen LogP contribution in [0.5, 0.6) is 5.75 Å². The molecule has 0 aliphatic heterocycles. The van der Waals surface area contributed by atoms with Crippen molar-refractivity contribution in [2.24, 2.45) is 0 Å². The highest BCUT2D eigenvalue weighted by atomic mass is 16.5. The van der Waals surface area contributed by atoms with E-state index in [2.05, 4.69) is 15.0 Å². The molecular formula is C20H20N4O3. The third-order valence-corrected chi connectivity index (χ3v) is 3.92. The molecule has 3 rings (SSSR count). The lowest BCUT2D eigenvalue weighted by Crippen LogP contribution is -2.19. The Labute approximate surface area is 157 Å². The van der Waals surface area contributed by atoms with Gasteiger partial charge in [-0.05, 0) is 43.3 Å². The summed E-state index contributed by atoms with van der Waals surface area (Å²) in [6.45, 7) is 2.78. The van der Waals surface area contributed by atoms with Crippen molar-refractivity contribution >= 4 is 11.9 Å². The maximum absolute atomic E-state index is 11.5. The first kappa shape index (κ1) is 18.3. The van der Waals surface area contributed by atoms with Crippen molar-refractivity contribution in [1.82, 2.24) is 15.0 Å². The molecule has 7 nitrogen and oxygen atoms in total. The molecule has 1 N–H and O–H groups in total. The van der Waals surface area contributed by atoms with E-state index in [1.54, 1.807) is 36.7 Å². The van der Waals surface area contributed by atoms with Crippen molar-refractivity contribution in [3.63, 3.8) is 0 Å². The SMILES string of the molecule is CCOc1ccc(-c2ccnc(N(C)Cc3ccccn3)n2)cc1C(=O)O. The van der Waals surface area contributed by atoms with E-state index in [-0.39, 0.29) is 5.56 Å². The van der Waals surface area contributed by atoms with Gasteiger partial charge < -0.3 is 14.7 Å². The molecule has 0 bridgehead atoms. The highest BCUT2D eigenvalue weighted by molar-refractivity contribution is 5.92. The van der Waals surface area contributed by atoms with E-state index in [1.165, 1.54) is 0 Å². The fourth-order valence-corrected chi connectivity index (χ4v) is 2.64. The Morgan fingerprint density at radius 3 is 2.70 bits per heavy atom. The van der Waals surface area contributed by atoms with Crippen molar-refractivity contribution in [2.45, 2.75) is 13.5 Å². The molecule has 0 saturated carbocycles. The van der Waals surface area contributed by atoms with Crippen LogP contribution in [-0.4, -0.2) is 39.7 Å². The Morgan fingerprint density at radius 1 is 1.15 bits per heavy atom. The van der Waals surface area contributed by atoms with Gasteiger partial charge in [0.25, 0.3) is 0 Å². The first-order chi connectivity index (χ1) is 13.1. The van der Waals surface area contributed by atoms with Gasteiger partial charge in [-0.25, -0.2) is 14.8 Å². The largest absolute Gasteiger partial charge is 0.493 e. The zero-order chi connectivity index (χ0) is 19.2. The minimum absolute atomic E-state index is 0.108. The summed E-state index contributed by atoms with van der Waals surface area (Å²) >= 11 is 0. The average molecular weight is 364 g/mol. The number of aromatic nitrogens is 3. The molecule has 0 saturated heterocycles. The van der Waals surface area contributed by atoms with E-state index in [9.17, 15) is 9.90 Å². The number of aromatic carboxylic acids is 1. The second kappa shape index (κ2) is 8.27. The molecule has 3 aromatic rings. The number of hydrogen-bond acceptors (Lipinski definition) is 6. The van der Waals surface area contributed by atoms with Crippen molar-refractivity contribution in [2.75, 3.05) is 18.6 Å². The summed E-state index contributed by atoms with van der Waals surface area (Å²) in [5.41, 5.74) is 2.34. The quantitative estimate of drug-likeness (QED) is 0.688. The molecule has 7 heteroatoms. The zero-order valence-electron chi connectivity index (χ0n) is 15.2. The summed E-state index contributed by atoms with van der Waals surface area (Å²) in [5.74, 6) is -0.166. The standard InChI is InChI=1S/C20H20N4O3/c1-3-27-18-8-7-14(12-16(18)19(25)26)17-9-11-22-20(23-17)24(2)13-15-6-4-5-10-21-15/h4-12H,3,13H2,1-2H3,(H,25,26). The fraction of sp³-hybridized carbons (Fsp3) is 0.200. The number of benzene rings is 1. The molecule has 2 heterocycles. The Balaban J connectivity index is 1.89. The molecule has 0 aliphatic rings. The number of ether oxygens (including phenoxy) is 1. The molecule has 1 aromatic carbocycles. The van der Waals surface area contributed by atoms with Gasteiger partial charge in [-0.1, -0.05) is 6.07 Å². The predicted octanol–water partition coefficient (Wildman–Crippen LogP) is 3.27. The lowest BCUT2D eigenvalue weighted by molar-refractivity contribution is 0.0692. The Bertz CT molecular complexity index is 932. The maximum atomic E-state index is 11.5. The molecule has 0 atom stereocenters. The van der Waals surface area contributed by atoms with Gasteiger partial charge in [-0.2, -0.15) is 0 Å². The van der Waals surface area contributed by atoms with E-state index in [4.69, 9.17) is 4.74 Å². The molecule has 138 valence electrons. The Hall–Kier alpha value is -3.48. The average Bonchev–Trinajstić information content (AvgIpc) is 2.69. The van der Waals surface area contributed by atoms with Crippen molar-refractivity contribution < 1.29 is 14.6 Å². The minimum Gasteiger partial charge on any atom is -0.493 e. The number of nitrogens with zero attached hydrogens (tertiary/aromatic N) is 4. The zero-order valence-corrected chi connectivity index (χ0v) is 15.2. The third-order valence-electron chi connectivity index (χ3n) is 3.92. The van der Waals surface area contributed by atoms with Gasteiger partial charge in [-0.3, -0.25) is 4.98 Å². The normalized spacial score (nSPS) is 10.4. The monoisotopic (exact) mass is 364 g/mol. The van der Waals surface area contributed by atoms with Crippen molar-refractivity contribution in [3.05, 3.63) is 66.1 Å². The van der Waals surface area contributed by atoms with E-state index in [0.29, 0.717) is 36.1 Å². The number of carboxylic acids is 1. The van der Waals surface area contributed by atoms with Crippen LogP contribution < -0.4 is 9.64 Å². The van der Waals surface area contributed by atoms with Gasteiger partial charge in [0.2, 0.25) is 5.95 Å².